The zero-order valence-corrected chi connectivity index (χ0v) is 19.3. The first-order valence-corrected chi connectivity index (χ1v) is 11.3. The molecule has 0 aliphatic rings. The number of halogens is 2. The van der Waals surface area contributed by atoms with E-state index >= 15 is 0 Å². The maximum absolute atomic E-state index is 13.1. The van der Waals surface area contributed by atoms with Gasteiger partial charge >= 0.3 is 0 Å². The summed E-state index contributed by atoms with van der Waals surface area (Å²) in [5, 5.41) is 5.20. The highest BCUT2D eigenvalue weighted by Gasteiger charge is 2.24. The van der Waals surface area contributed by atoms with Crippen molar-refractivity contribution >= 4 is 38.9 Å². The average molecular weight is 452 g/mol. The lowest BCUT2D eigenvalue weighted by Gasteiger charge is -2.19. The van der Waals surface area contributed by atoms with Gasteiger partial charge in [-0.15, -0.1) is 0 Å². The van der Waals surface area contributed by atoms with Gasteiger partial charge in [-0.1, -0.05) is 29.3 Å². The van der Waals surface area contributed by atoms with Gasteiger partial charge in [0.25, 0.3) is 10.0 Å². The minimum Gasteiger partial charge on any atom is -0.276 e. The van der Waals surface area contributed by atoms with Crippen LogP contribution in [0.5, 0.6) is 0 Å². The minimum atomic E-state index is -3.75. The molecule has 2 aromatic carbocycles. The Labute approximate surface area is 181 Å². The molecule has 0 atom stereocenters. The molecule has 0 spiro atoms. The Balaban J connectivity index is 1.88. The highest BCUT2D eigenvalue weighted by molar-refractivity contribution is 7.92. The lowest BCUT2D eigenvalue weighted by Crippen LogP contribution is -2.17. The lowest BCUT2D eigenvalue weighted by atomic mass is 9.95. The molecule has 29 heavy (non-hydrogen) atoms. The van der Waals surface area contributed by atoms with E-state index in [9.17, 15) is 8.42 Å². The molecule has 1 N–H and O–H groups in total. The van der Waals surface area contributed by atoms with E-state index in [1.54, 1.807) is 23.0 Å². The summed E-state index contributed by atoms with van der Waals surface area (Å²) >= 11 is 12.0. The van der Waals surface area contributed by atoms with E-state index in [4.69, 9.17) is 23.2 Å². The zero-order valence-electron chi connectivity index (χ0n) is 17.0. The lowest BCUT2D eigenvalue weighted by molar-refractivity contribution is 0.599. The van der Waals surface area contributed by atoms with E-state index in [1.165, 1.54) is 6.20 Å². The van der Waals surface area contributed by atoms with Gasteiger partial charge in [0, 0.05) is 6.20 Å². The number of nitrogens with zero attached hydrogens (tertiary/aromatic N) is 2. The van der Waals surface area contributed by atoms with Gasteiger partial charge in [-0.3, -0.25) is 9.40 Å². The molecular formula is C21H23Cl2N3O2S. The van der Waals surface area contributed by atoms with Crippen molar-refractivity contribution in [1.29, 1.82) is 0 Å². The Kier molecular flexibility index (Phi) is 5.99. The second-order valence-electron chi connectivity index (χ2n) is 7.23. The zero-order chi connectivity index (χ0) is 21.5. The summed E-state index contributed by atoms with van der Waals surface area (Å²) < 4.78 is 30.6. The molecule has 1 aromatic heterocycles. The van der Waals surface area contributed by atoms with Crippen LogP contribution < -0.4 is 4.72 Å². The van der Waals surface area contributed by atoms with E-state index in [0.29, 0.717) is 27.2 Å². The topological polar surface area (TPSA) is 64.0 Å². The highest BCUT2D eigenvalue weighted by Crippen LogP contribution is 2.31. The summed E-state index contributed by atoms with van der Waals surface area (Å²) in [7, 11) is -3.75. The van der Waals surface area contributed by atoms with Crippen LogP contribution in [0.3, 0.4) is 0 Å². The van der Waals surface area contributed by atoms with E-state index in [-0.39, 0.29) is 0 Å². The first-order chi connectivity index (χ1) is 13.5. The molecule has 0 radical (unpaired) electrons. The smallest absolute Gasteiger partial charge is 0.262 e. The summed E-state index contributed by atoms with van der Waals surface area (Å²) in [6.07, 6.45) is 3.15. The molecule has 8 heteroatoms. The van der Waals surface area contributed by atoms with Crippen molar-refractivity contribution in [2.75, 3.05) is 4.72 Å². The van der Waals surface area contributed by atoms with Crippen LogP contribution >= 0.6 is 23.2 Å². The van der Waals surface area contributed by atoms with E-state index in [1.807, 2.05) is 40.7 Å². The van der Waals surface area contributed by atoms with Crippen LogP contribution in [-0.4, -0.2) is 18.2 Å². The second kappa shape index (κ2) is 8.01. The third-order valence-corrected chi connectivity index (χ3v) is 7.81. The van der Waals surface area contributed by atoms with Crippen molar-refractivity contribution < 1.29 is 8.42 Å². The molecule has 3 aromatic rings. The van der Waals surface area contributed by atoms with Gasteiger partial charge in [-0.2, -0.15) is 5.10 Å². The molecule has 0 amide bonds. The molecule has 0 bridgehead atoms. The third-order valence-electron chi connectivity index (χ3n) is 5.41. The highest BCUT2D eigenvalue weighted by atomic mass is 35.5. The minimum absolute atomic E-state index is 0.329. The van der Waals surface area contributed by atoms with Crippen molar-refractivity contribution in [3.8, 4) is 0 Å². The fourth-order valence-electron chi connectivity index (χ4n) is 3.40. The predicted octanol–water partition coefficient (Wildman–Crippen LogP) is 5.58. The number of hydrogen-bond acceptors (Lipinski definition) is 3. The molecule has 0 aliphatic carbocycles. The molecule has 1 heterocycles. The van der Waals surface area contributed by atoms with Crippen molar-refractivity contribution in [3.05, 3.63) is 74.0 Å². The summed E-state index contributed by atoms with van der Waals surface area (Å²) in [6.45, 7) is 10.0. The van der Waals surface area contributed by atoms with Gasteiger partial charge in [0.15, 0.2) is 0 Å². The fraction of sp³-hybridized carbons (Fsp3) is 0.286. The summed E-state index contributed by atoms with van der Waals surface area (Å²) in [5.41, 5.74) is 5.94. The number of benzene rings is 2. The monoisotopic (exact) mass is 451 g/mol. The molecular weight excluding hydrogens is 429 g/mol. The van der Waals surface area contributed by atoms with E-state index in [0.717, 1.165) is 33.4 Å². The Hall–Kier alpha value is -2.02. The molecule has 0 fully saturated rings. The quantitative estimate of drug-likeness (QED) is 0.550. The maximum Gasteiger partial charge on any atom is 0.262 e. The van der Waals surface area contributed by atoms with E-state index in [2.05, 4.69) is 9.82 Å². The molecule has 154 valence electrons. The van der Waals surface area contributed by atoms with Crippen LogP contribution in [0.25, 0.3) is 0 Å². The average Bonchev–Trinajstić information content (AvgIpc) is 3.07. The van der Waals surface area contributed by atoms with Crippen LogP contribution in [0.2, 0.25) is 10.0 Å². The largest absolute Gasteiger partial charge is 0.276 e. The Morgan fingerprint density at radius 3 is 2.10 bits per heavy atom. The molecule has 0 unspecified atom stereocenters. The molecule has 0 saturated heterocycles. The van der Waals surface area contributed by atoms with Crippen LogP contribution in [0, 0.1) is 34.6 Å². The van der Waals surface area contributed by atoms with Gasteiger partial charge in [0.05, 0.1) is 33.4 Å². The number of aromatic nitrogens is 2. The molecule has 0 aliphatic heterocycles. The van der Waals surface area contributed by atoms with Crippen molar-refractivity contribution in [2.24, 2.45) is 0 Å². The SMILES string of the molecule is Cc1c(C)c(C)c(S(=O)(=O)Nc2cnn(Cc3ccc(Cl)c(Cl)c3)c2)c(C)c1C. The number of rotatable bonds is 5. The predicted molar refractivity (Wildman–Crippen MR) is 119 cm³/mol. The second-order valence-corrected chi connectivity index (χ2v) is 9.67. The summed E-state index contributed by atoms with van der Waals surface area (Å²) in [5.74, 6) is 0. The first-order valence-electron chi connectivity index (χ1n) is 9.07. The molecule has 0 saturated carbocycles. The van der Waals surface area contributed by atoms with E-state index < -0.39 is 10.0 Å². The number of nitrogens with one attached hydrogen (secondary N) is 1. The number of hydrogen-bond donors (Lipinski definition) is 1. The fourth-order valence-corrected chi connectivity index (χ4v) is 5.35. The van der Waals surface area contributed by atoms with Crippen LogP contribution in [0.15, 0.2) is 35.5 Å². The van der Waals surface area contributed by atoms with Crippen LogP contribution in [-0.2, 0) is 16.6 Å². The Morgan fingerprint density at radius 2 is 1.52 bits per heavy atom. The van der Waals surface area contributed by atoms with Crippen molar-refractivity contribution in [1.82, 2.24) is 9.78 Å². The molecule has 5 nitrogen and oxygen atoms in total. The summed E-state index contributed by atoms with van der Waals surface area (Å²) in [4.78, 5) is 0.329. The van der Waals surface area contributed by atoms with Crippen LogP contribution in [0.4, 0.5) is 5.69 Å². The van der Waals surface area contributed by atoms with Gasteiger partial charge in [-0.25, -0.2) is 8.42 Å². The normalized spacial score (nSPS) is 11.7. The Bertz CT molecular complexity index is 1170. The van der Waals surface area contributed by atoms with Crippen molar-refractivity contribution in [2.45, 2.75) is 46.1 Å². The third kappa shape index (κ3) is 4.29. The van der Waals surface area contributed by atoms with Gasteiger partial charge in [0.2, 0.25) is 0 Å². The van der Waals surface area contributed by atoms with Gasteiger partial charge in [0.1, 0.15) is 0 Å². The number of sulfonamides is 1. The Morgan fingerprint density at radius 1 is 0.931 bits per heavy atom. The van der Waals surface area contributed by atoms with Gasteiger partial charge < -0.3 is 0 Å². The number of anilines is 1. The van der Waals surface area contributed by atoms with Crippen LogP contribution in [0.1, 0.15) is 33.4 Å². The standard InChI is InChI=1S/C21H23Cl2N3O2S/c1-12-13(2)15(4)21(16(5)14(12)3)29(27,28)25-18-9-24-26(11-18)10-17-6-7-19(22)20(23)8-17/h6-9,11,25H,10H2,1-5H3. The maximum atomic E-state index is 13.1. The first kappa shape index (κ1) is 21.7. The summed E-state index contributed by atoms with van der Waals surface area (Å²) in [6, 6.07) is 5.34. The van der Waals surface area contributed by atoms with Gasteiger partial charge in [-0.05, 0) is 80.1 Å². The van der Waals surface area contributed by atoms with Crippen molar-refractivity contribution in [3.63, 3.8) is 0 Å². The molecule has 3 rings (SSSR count).